The molecular weight excluding hydrogens is 390 g/mol. The number of hydrogen-bond acceptors (Lipinski definition) is 4. The summed E-state index contributed by atoms with van der Waals surface area (Å²) in [5, 5.41) is 10.7. The molecule has 2 aromatic carbocycles. The molecule has 1 saturated carbocycles. The Morgan fingerprint density at radius 2 is 1.77 bits per heavy atom. The number of fused-ring (bicyclic) bond motifs is 2. The van der Waals surface area contributed by atoms with Gasteiger partial charge < -0.3 is 20.3 Å². The minimum absolute atomic E-state index is 0.117. The summed E-state index contributed by atoms with van der Waals surface area (Å²) >= 11 is 0. The van der Waals surface area contributed by atoms with E-state index in [4.69, 9.17) is 4.74 Å². The molecule has 1 atom stereocenters. The monoisotopic (exact) mass is 417 g/mol. The number of H-pyrrole nitrogens is 2. The van der Waals surface area contributed by atoms with Crippen LogP contribution >= 0.6 is 0 Å². The molecule has 1 fully saturated rings. The smallest absolute Gasteiger partial charge is 0.289 e. The summed E-state index contributed by atoms with van der Waals surface area (Å²) in [5.74, 6) is 0.410. The Morgan fingerprint density at radius 1 is 1.06 bits per heavy atom. The first-order valence-corrected chi connectivity index (χ1v) is 10.9. The molecule has 160 valence electrons. The molecular formula is C24H27N5O2. The van der Waals surface area contributed by atoms with Crippen LogP contribution in [0, 0.1) is 0 Å². The van der Waals surface area contributed by atoms with Gasteiger partial charge in [-0.1, -0.05) is 30.3 Å². The van der Waals surface area contributed by atoms with Crippen LogP contribution in [0.25, 0.3) is 21.9 Å². The zero-order chi connectivity index (χ0) is 21.4. The SMILES string of the molecule is COC1CCC(c2[nH][nH]c3cc4nc(C(=O)NC(C)c5ccccc5)nc4cc23)CC1. The van der Waals surface area contributed by atoms with E-state index in [2.05, 4.69) is 25.5 Å². The van der Waals surface area contributed by atoms with Gasteiger partial charge in [-0.25, -0.2) is 9.97 Å². The first-order chi connectivity index (χ1) is 15.1. The van der Waals surface area contributed by atoms with Crippen LogP contribution in [0.1, 0.15) is 66.4 Å². The van der Waals surface area contributed by atoms with Gasteiger partial charge in [-0.15, -0.1) is 0 Å². The highest BCUT2D eigenvalue weighted by molar-refractivity contribution is 5.99. The third kappa shape index (κ3) is 3.81. The number of rotatable bonds is 5. The number of aromatic amines is 2. The van der Waals surface area contributed by atoms with E-state index < -0.39 is 0 Å². The van der Waals surface area contributed by atoms with Gasteiger partial charge in [0.05, 0.1) is 28.7 Å². The Hall–Kier alpha value is -3.19. The topological polar surface area (TPSA) is 95.7 Å². The van der Waals surface area contributed by atoms with E-state index in [0.717, 1.165) is 53.2 Å². The second kappa shape index (κ2) is 8.15. The second-order valence-electron chi connectivity index (χ2n) is 8.41. The van der Waals surface area contributed by atoms with Gasteiger partial charge in [-0.2, -0.15) is 0 Å². The van der Waals surface area contributed by atoms with Gasteiger partial charge in [0, 0.05) is 24.1 Å². The Kier molecular flexibility index (Phi) is 5.19. The average Bonchev–Trinajstić information content (AvgIpc) is 3.41. The summed E-state index contributed by atoms with van der Waals surface area (Å²) in [6.45, 7) is 1.96. The highest BCUT2D eigenvalue weighted by atomic mass is 16.5. The van der Waals surface area contributed by atoms with E-state index >= 15 is 0 Å². The number of benzene rings is 2. The molecule has 0 radical (unpaired) electrons. The molecule has 3 N–H and O–H groups in total. The first kappa shape index (κ1) is 19.8. The fraction of sp³-hybridized carbons (Fsp3) is 0.375. The normalized spacial score (nSPS) is 20.2. The van der Waals surface area contributed by atoms with Gasteiger partial charge in [0.2, 0.25) is 5.82 Å². The summed E-state index contributed by atoms with van der Waals surface area (Å²) in [7, 11) is 1.79. The molecule has 0 aliphatic heterocycles. The average molecular weight is 418 g/mol. The van der Waals surface area contributed by atoms with Crippen LogP contribution in [0.4, 0.5) is 0 Å². The maximum absolute atomic E-state index is 12.7. The maximum atomic E-state index is 12.7. The molecule has 1 aliphatic rings. The third-order valence-electron chi connectivity index (χ3n) is 6.46. The van der Waals surface area contributed by atoms with Crippen LogP contribution in [-0.4, -0.2) is 39.3 Å². The fourth-order valence-electron chi connectivity index (χ4n) is 4.63. The van der Waals surface area contributed by atoms with Crippen molar-refractivity contribution in [1.82, 2.24) is 25.5 Å². The van der Waals surface area contributed by atoms with Crippen molar-refractivity contribution < 1.29 is 9.53 Å². The largest absolute Gasteiger partial charge is 0.381 e. The predicted molar refractivity (Wildman–Crippen MR) is 120 cm³/mol. The lowest BCUT2D eigenvalue weighted by Gasteiger charge is -2.27. The molecule has 0 spiro atoms. The van der Waals surface area contributed by atoms with Crippen molar-refractivity contribution in [1.29, 1.82) is 0 Å². The molecule has 1 amide bonds. The summed E-state index contributed by atoms with van der Waals surface area (Å²) in [4.78, 5) is 21.7. The number of aromatic nitrogens is 4. The highest BCUT2D eigenvalue weighted by Gasteiger charge is 2.25. The predicted octanol–water partition coefficient (Wildman–Crippen LogP) is 4.60. The number of imidazole rings is 1. The lowest BCUT2D eigenvalue weighted by Crippen LogP contribution is -2.27. The molecule has 4 aromatic rings. The zero-order valence-corrected chi connectivity index (χ0v) is 17.8. The van der Waals surface area contributed by atoms with Gasteiger partial charge in [0.25, 0.3) is 5.91 Å². The fourth-order valence-corrected chi connectivity index (χ4v) is 4.63. The van der Waals surface area contributed by atoms with Crippen molar-refractivity contribution in [3.63, 3.8) is 0 Å². The van der Waals surface area contributed by atoms with Gasteiger partial charge >= 0.3 is 0 Å². The molecule has 0 saturated heterocycles. The Bertz CT molecular complexity index is 1200. The number of nitrogens with one attached hydrogen (secondary N) is 3. The molecule has 1 unspecified atom stereocenters. The molecule has 7 nitrogen and oxygen atoms in total. The van der Waals surface area contributed by atoms with E-state index in [9.17, 15) is 4.79 Å². The van der Waals surface area contributed by atoms with Gasteiger partial charge in [-0.05, 0) is 50.3 Å². The van der Waals surface area contributed by atoms with E-state index in [1.54, 1.807) is 7.11 Å². The molecule has 7 heteroatoms. The van der Waals surface area contributed by atoms with Crippen molar-refractivity contribution >= 4 is 27.8 Å². The van der Waals surface area contributed by atoms with Crippen molar-refractivity contribution in [2.75, 3.05) is 7.11 Å². The number of amides is 1. The highest BCUT2D eigenvalue weighted by Crippen LogP contribution is 2.36. The van der Waals surface area contributed by atoms with Crippen molar-refractivity contribution in [3.05, 3.63) is 59.5 Å². The van der Waals surface area contributed by atoms with E-state index in [0.29, 0.717) is 12.0 Å². The quantitative estimate of drug-likeness (QED) is 0.442. The summed E-state index contributed by atoms with van der Waals surface area (Å²) in [6.07, 6.45) is 4.71. The molecule has 31 heavy (non-hydrogen) atoms. The van der Waals surface area contributed by atoms with Gasteiger partial charge in [0.1, 0.15) is 0 Å². The van der Waals surface area contributed by atoms with Crippen LogP contribution < -0.4 is 5.32 Å². The lowest BCUT2D eigenvalue weighted by atomic mass is 9.84. The lowest BCUT2D eigenvalue weighted by molar-refractivity contribution is 0.0656. The number of nitrogens with zero attached hydrogens (tertiary/aromatic N) is 2. The Labute approximate surface area is 180 Å². The molecule has 1 aliphatic carbocycles. The molecule has 2 aromatic heterocycles. The number of ether oxygens (including phenoxy) is 1. The Balaban J connectivity index is 1.39. The van der Waals surface area contributed by atoms with Crippen LogP contribution in [0.3, 0.4) is 0 Å². The third-order valence-corrected chi connectivity index (χ3v) is 6.46. The summed E-state index contributed by atoms with van der Waals surface area (Å²) < 4.78 is 5.51. The molecule has 0 bridgehead atoms. The van der Waals surface area contributed by atoms with E-state index in [-0.39, 0.29) is 17.8 Å². The molecule has 5 rings (SSSR count). The van der Waals surface area contributed by atoms with E-state index in [1.165, 1.54) is 5.69 Å². The van der Waals surface area contributed by atoms with Crippen LogP contribution in [0.15, 0.2) is 42.5 Å². The number of methoxy groups -OCH3 is 1. The van der Waals surface area contributed by atoms with Crippen molar-refractivity contribution in [2.45, 2.75) is 50.7 Å². The number of carbonyl (C=O) groups is 1. The summed E-state index contributed by atoms with van der Waals surface area (Å²) in [5.41, 5.74) is 4.70. The number of carbonyl (C=O) groups excluding carboxylic acids is 1. The second-order valence-corrected chi connectivity index (χ2v) is 8.41. The minimum atomic E-state index is -0.263. The van der Waals surface area contributed by atoms with Gasteiger partial charge in [-0.3, -0.25) is 4.79 Å². The molecule has 2 heterocycles. The van der Waals surface area contributed by atoms with Crippen LogP contribution in [0.2, 0.25) is 0 Å². The minimum Gasteiger partial charge on any atom is -0.381 e. The first-order valence-electron chi connectivity index (χ1n) is 10.9. The standard InChI is InChI=1S/C24H27N5O2/c1-14(15-6-4-3-5-7-15)25-24(30)23-26-20-12-18-19(13-21(20)27-23)28-29-22(18)16-8-10-17(31-2)11-9-16/h3-7,12-14,16-17,28-29H,8-11H2,1-2H3,(H,25,30). The van der Waals surface area contributed by atoms with Crippen molar-refractivity contribution in [3.8, 4) is 0 Å². The van der Waals surface area contributed by atoms with Crippen molar-refractivity contribution in [2.24, 2.45) is 0 Å². The van der Waals surface area contributed by atoms with E-state index in [1.807, 2.05) is 49.4 Å². The van der Waals surface area contributed by atoms with Crippen LogP contribution in [0.5, 0.6) is 0 Å². The van der Waals surface area contributed by atoms with Gasteiger partial charge in [0.15, 0.2) is 0 Å². The summed E-state index contributed by atoms with van der Waals surface area (Å²) in [6, 6.07) is 13.8. The van der Waals surface area contributed by atoms with Crippen LogP contribution in [-0.2, 0) is 4.74 Å². The maximum Gasteiger partial charge on any atom is 0.289 e. The number of hydrogen-bond donors (Lipinski definition) is 3. The Morgan fingerprint density at radius 3 is 2.48 bits per heavy atom. The zero-order valence-electron chi connectivity index (χ0n) is 17.8.